The standard InChI is InChI=1S/C15H21ClN4O/c1-15(2,17)10-19-5-7-20(8-6-19)14-18-12-9-11(16)3-4-13(12)21-14/h3-4,9H,5-8,10,17H2,1-2H3. The summed E-state index contributed by atoms with van der Waals surface area (Å²) in [5, 5.41) is 0.678. The van der Waals surface area contributed by atoms with Gasteiger partial charge in [-0.25, -0.2) is 0 Å². The number of hydrogen-bond donors (Lipinski definition) is 1. The SMILES string of the molecule is CC(C)(N)CN1CCN(c2nc3cc(Cl)ccc3o2)CC1. The molecule has 0 radical (unpaired) electrons. The molecule has 21 heavy (non-hydrogen) atoms. The van der Waals surface area contributed by atoms with Crippen LogP contribution in [0.4, 0.5) is 6.01 Å². The molecule has 114 valence electrons. The molecule has 0 atom stereocenters. The molecule has 1 aliphatic rings. The summed E-state index contributed by atoms with van der Waals surface area (Å²) in [6.07, 6.45) is 0. The van der Waals surface area contributed by atoms with Gasteiger partial charge in [0.05, 0.1) is 0 Å². The van der Waals surface area contributed by atoms with E-state index in [1.54, 1.807) is 0 Å². The third-order valence-corrected chi connectivity index (χ3v) is 3.85. The van der Waals surface area contributed by atoms with Crippen molar-refractivity contribution in [3.63, 3.8) is 0 Å². The fraction of sp³-hybridized carbons (Fsp3) is 0.533. The van der Waals surface area contributed by atoms with E-state index >= 15 is 0 Å². The third-order valence-electron chi connectivity index (χ3n) is 3.61. The molecular weight excluding hydrogens is 288 g/mol. The summed E-state index contributed by atoms with van der Waals surface area (Å²) >= 11 is 5.98. The van der Waals surface area contributed by atoms with Gasteiger partial charge in [-0.2, -0.15) is 4.98 Å². The highest BCUT2D eigenvalue weighted by molar-refractivity contribution is 6.31. The van der Waals surface area contributed by atoms with E-state index in [1.807, 2.05) is 18.2 Å². The Bertz CT molecular complexity index is 626. The van der Waals surface area contributed by atoms with Crippen LogP contribution in [0.1, 0.15) is 13.8 Å². The Morgan fingerprint density at radius 3 is 2.67 bits per heavy atom. The number of nitrogens with zero attached hydrogens (tertiary/aromatic N) is 3. The van der Waals surface area contributed by atoms with Gasteiger partial charge in [-0.3, -0.25) is 4.90 Å². The molecule has 0 bridgehead atoms. The van der Waals surface area contributed by atoms with Gasteiger partial charge in [0.15, 0.2) is 5.58 Å². The van der Waals surface area contributed by atoms with Crippen molar-refractivity contribution in [2.45, 2.75) is 19.4 Å². The first-order valence-electron chi connectivity index (χ1n) is 7.23. The lowest BCUT2D eigenvalue weighted by Crippen LogP contribution is -2.53. The molecule has 3 rings (SSSR count). The number of piperazine rings is 1. The average Bonchev–Trinajstić information content (AvgIpc) is 2.80. The van der Waals surface area contributed by atoms with E-state index in [4.69, 9.17) is 21.8 Å². The largest absolute Gasteiger partial charge is 0.423 e. The topological polar surface area (TPSA) is 58.5 Å². The van der Waals surface area contributed by atoms with Gasteiger partial charge in [0.25, 0.3) is 6.01 Å². The number of oxazole rings is 1. The van der Waals surface area contributed by atoms with Crippen molar-refractivity contribution >= 4 is 28.7 Å². The van der Waals surface area contributed by atoms with Gasteiger partial charge < -0.3 is 15.1 Å². The summed E-state index contributed by atoms with van der Waals surface area (Å²) in [5.74, 6) is 0. The van der Waals surface area contributed by atoms with Crippen molar-refractivity contribution in [1.29, 1.82) is 0 Å². The zero-order chi connectivity index (χ0) is 15.0. The van der Waals surface area contributed by atoms with E-state index in [0.717, 1.165) is 43.8 Å². The van der Waals surface area contributed by atoms with Crippen LogP contribution in [0.2, 0.25) is 5.02 Å². The first-order chi connectivity index (χ1) is 9.90. The molecule has 5 nitrogen and oxygen atoms in total. The van der Waals surface area contributed by atoms with Crippen LogP contribution in [0, 0.1) is 0 Å². The first-order valence-corrected chi connectivity index (χ1v) is 7.61. The quantitative estimate of drug-likeness (QED) is 0.943. The fourth-order valence-corrected chi connectivity index (χ4v) is 2.86. The molecule has 1 aliphatic heterocycles. The smallest absolute Gasteiger partial charge is 0.298 e. The van der Waals surface area contributed by atoms with E-state index in [-0.39, 0.29) is 5.54 Å². The zero-order valence-corrected chi connectivity index (χ0v) is 13.2. The number of halogens is 1. The van der Waals surface area contributed by atoms with Gasteiger partial charge in [-0.15, -0.1) is 0 Å². The van der Waals surface area contributed by atoms with Gasteiger partial charge in [0.1, 0.15) is 5.52 Å². The lowest BCUT2D eigenvalue weighted by Gasteiger charge is -2.37. The van der Waals surface area contributed by atoms with Gasteiger partial charge in [0, 0.05) is 43.3 Å². The van der Waals surface area contributed by atoms with Crippen LogP contribution in [0.15, 0.2) is 22.6 Å². The number of benzene rings is 1. The predicted octanol–water partition coefficient (Wildman–Crippen LogP) is 2.34. The lowest BCUT2D eigenvalue weighted by atomic mass is 10.1. The van der Waals surface area contributed by atoms with Crippen molar-refractivity contribution in [1.82, 2.24) is 9.88 Å². The van der Waals surface area contributed by atoms with Crippen LogP contribution in [0.25, 0.3) is 11.1 Å². The van der Waals surface area contributed by atoms with Crippen molar-refractivity contribution in [2.75, 3.05) is 37.6 Å². The lowest BCUT2D eigenvalue weighted by molar-refractivity contribution is 0.211. The molecule has 6 heteroatoms. The average molecular weight is 309 g/mol. The molecule has 2 heterocycles. The molecule has 1 fully saturated rings. The Morgan fingerprint density at radius 1 is 1.29 bits per heavy atom. The molecule has 1 saturated heterocycles. The van der Waals surface area contributed by atoms with E-state index < -0.39 is 0 Å². The van der Waals surface area contributed by atoms with Crippen molar-refractivity contribution in [3.05, 3.63) is 23.2 Å². The highest BCUT2D eigenvalue weighted by atomic mass is 35.5. The van der Waals surface area contributed by atoms with Crippen molar-refractivity contribution in [2.24, 2.45) is 5.73 Å². The number of fused-ring (bicyclic) bond motifs is 1. The Kier molecular flexibility index (Phi) is 3.82. The highest BCUT2D eigenvalue weighted by Crippen LogP contribution is 2.25. The van der Waals surface area contributed by atoms with Crippen LogP contribution >= 0.6 is 11.6 Å². The van der Waals surface area contributed by atoms with Crippen LogP contribution in [-0.2, 0) is 0 Å². The molecule has 2 aromatic rings. The second kappa shape index (κ2) is 5.48. The first kappa shape index (κ1) is 14.6. The number of hydrogen-bond acceptors (Lipinski definition) is 5. The van der Waals surface area contributed by atoms with Gasteiger partial charge in [-0.1, -0.05) is 11.6 Å². The number of rotatable bonds is 3. The van der Waals surface area contributed by atoms with E-state index in [0.29, 0.717) is 11.0 Å². The predicted molar refractivity (Wildman–Crippen MR) is 85.9 cm³/mol. The molecule has 0 spiro atoms. The molecule has 1 aromatic carbocycles. The summed E-state index contributed by atoms with van der Waals surface area (Å²) in [4.78, 5) is 9.09. The number of nitrogens with two attached hydrogens (primary N) is 1. The molecular formula is C15H21ClN4O. The van der Waals surface area contributed by atoms with Crippen LogP contribution in [0.3, 0.4) is 0 Å². The highest BCUT2D eigenvalue weighted by Gasteiger charge is 2.24. The number of anilines is 1. The second-order valence-corrected chi connectivity index (χ2v) is 6.80. The van der Waals surface area contributed by atoms with Gasteiger partial charge in [0.2, 0.25) is 0 Å². The minimum Gasteiger partial charge on any atom is -0.423 e. The Balaban J connectivity index is 1.68. The van der Waals surface area contributed by atoms with Crippen molar-refractivity contribution in [3.8, 4) is 0 Å². The maximum absolute atomic E-state index is 6.08. The summed E-state index contributed by atoms with van der Waals surface area (Å²) in [6.45, 7) is 8.77. The molecule has 2 N–H and O–H groups in total. The summed E-state index contributed by atoms with van der Waals surface area (Å²) in [5.41, 5.74) is 7.51. The zero-order valence-electron chi connectivity index (χ0n) is 12.5. The summed E-state index contributed by atoms with van der Waals surface area (Å²) in [7, 11) is 0. The normalized spacial score (nSPS) is 17.6. The number of aromatic nitrogens is 1. The fourth-order valence-electron chi connectivity index (χ4n) is 2.70. The maximum Gasteiger partial charge on any atom is 0.298 e. The summed E-state index contributed by atoms with van der Waals surface area (Å²) in [6, 6.07) is 6.19. The monoisotopic (exact) mass is 308 g/mol. The second-order valence-electron chi connectivity index (χ2n) is 6.36. The Labute approximate surface area is 129 Å². The summed E-state index contributed by atoms with van der Waals surface area (Å²) < 4.78 is 5.81. The van der Waals surface area contributed by atoms with E-state index in [1.165, 1.54) is 0 Å². The van der Waals surface area contributed by atoms with Gasteiger partial charge in [-0.05, 0) is 32.0 Å². The molecule has 1 aromatic heterocycles. The Hall–Kier alpha value is -1.30. The Morgan fingerprint density at radius 2 is 2.00 bits per heavy atom. The van der Waals surface area contributed by atoms with E-state index in [2.05, 4.69) is 28.6 Å². The minimum absolute atomic E-state index is 0.156. The molecule has 0 aliphatic carbocycles. The van der Waals surface area contributed by atoms with E-state index in [9.17, 15) is 0 Å². The molecule has 0 unspecified atom stereocenters. The molecule has 0 saturated carbocycles. The van der Waals surface area contributed by atoms with Crippen LogP contribution < -0.4 is 10.6 Å². The maximum atomic E-state index is 6.08. The minimum atomic E-state index is -0.156. The third kappa shape index (κ3) is 3.48. The van der Waals surface area contributed by atoms with Crippen LogP contribution in [0.5, 0.6) is 0 Å². The molecule has 0 amide bonds. The van der Waals surface area contributed by atoms with Gasteiger partial charge >= 0.3 is 0 Å². The van der Waals surface area contributed by atoms with Crippen molar-refractivity contribution < 1.29 is 4.42 Å². The van der Waals surface area contributed by atoms with Crippen LogP contribution in [-0.4, -0.2) is 48.1 Å².